The van der Waals surface area contributed by atoms with Crippen LogP contribution in [0.3, 0.4) is 0 Å². The molecular weight excluding hydrogens is 234 g/mol. The topological polar surface area (TPSA) is 46.2 Å². The minimum Gasteiger partial charge on any atom is -0.310 e. The molecule has 1 N–H and O–H groups in total. The first kappa shape index (κ1) is 13.3. The van der Waals surface area contributed by atoms with Crippen molar-refractivity contribution in [3.8, 4) is 0 Å². The maximum Gasteiger partial charge on any atom is 0.151 e. The Morgan fingerprint density at radius 2 is 1.65 bits per heavy atom. The van der Waals surface area contributed by atoms with Gasteiger partial charge in [-0.1, -0.05) is 13.3 Å². The monoisotopic (exact) mass is 259 g/mol. The van der Waals surface area contributed by atoms with Gasteiger partial charge in [0.1, 0.15) is 0 Å². The molecule has 3 nitrogen and oxygen atoms in total. The van der Waals surface area contributed by atoms with Crippen LogP contribution < -0.4 is 5.32 Å². The summed E-state index contributed by atoms with van der Waals surface area (Å²) in [6.07, 6.45) is 9.33. The number of hydrogen-bond acceptors (Lipinski definition) is 3. The summed E-state index contributed by atoms with van der Waals surface area (Å²) >= 11 is 0. The molecule has 0 aromatic heterocycles. The molecule has 0 saturated heterocycles. The zero-order chi connectivity index (χ0) is 12.5. The fourth-order valence-corrected chi connectivity index (χ4v) is 4.76. The third-order valence-corrected chi connectivity index (χ3v) is 6.13. The van der Waals surface area contributed by atoms with Crippen molar-refractivity contribution in [1.82, 2.24) is 5.32 Å². The summed E-state index contributed by atoms with van der Waals surface area (Å²) in [5.41, 5.74) is 0. The molecule has 2 aliphatic carbocycles. The molecule has 17 heavy (non-hydrogen) atoms. The molecule has 2 atom stereocenters. The van der Waals surface area contributed by atoms with E-state index in [0.29, 0.717) is 6.04 Å². The highest BCUT2D eigenvalue weighted by molar-refractivity contribution is 7.91. The number of nitrogens with one attached hydrogen (secondary N) is 1. The van der Waals surface area contributed by atoms with E-state index in [4.69, 9.17) is 0 Å². The zero-order valence-electron chi connectivity index (χ0n) is 11.0. The van der Waals surface area contributed by atoms with E-state index in [0.717, 1.165) is 25.2 Å². The van der Waals surface area contributed by atoms with Crippen LogP contribution in [-0.4, -0.2) is 32.0 Å². The van der Waals surface area contributed by atoms with Crippen molar-refractivity contribution in [2.75, 3.05) is 6.26 Å². The summed E-state index contributed by atoms with van der Waals surface area (Å²) in [7, 11) is -2.88. The summed E-state index contributed by atoms with van der Waals surface area (Å²) in [5.74, 6) is 0.849. The first-order valence-electron chi connectivity index (χ1n) is 6.91. The minimum absolute atomic E-state index is 0.137. The van der Waals surface area contributed by atoms with E-state index in [2.05, 4.69) is 12.2 Å². The molecule has 100 valence electrons. The second-order valence-electron chi connectivity index (χ2n) is 6.03. The Kier molecular flexibility index (Phi) is 4.14. The normalized spacial score (nSPS) is 39.4. The lowest BCUT2D eigenvalue weighted by Crippen LogP contribution is -2.46. The summed E-state index contributed by atoms with van der Waals surface area (Å²) in [6.45, 7) is 2.31. The molecule has 2 saturated carbocycles. The third-order valence-electron chi connectivity index (χ3n) is 4.47. The standard InChI is InChI=1S/C13H25NO2S/c1-10-6-8-11(9-7-10)14-12-4-3-5-13(12)17(2,15)16/h10-14H,3-9H2,1-2H3. The van der Waals surface area contributed by atoms with Crippen LogP contribution in [0.2, 0.25) is 0 Å². The van der Waals surface area contributed by atoms with E-state index >= 15 is 0 Å². The Morgan fingerprint density at radius 1 is 1.00 bits per heavy atom. The van der Waals surface area contributed by atoms with E-state index in [9.17, 15) is 8.42 Å². The second kappa shape index (κ2) is 5.27. The maximum atomic E-state index is 11.7. The third kappa shape index (κ3) is 3.44. The average Bonchev–Trinajstić information content (AvgIpc) is 2.69. The highest BCUT2D eigenvalue weighted by Crippen LogP contribution is 2.29. The molecule has 0 radical (unpaired) electrons. The molecule has 2 unspecified atom stereocenters. The predicted molar refractivity (Wildman–Crippen MR) is 70.8 cm³/mol. The number of hydrogen-bond donors (Lipinski definition) is 1. The van der Waals surface area contributed by atoms with Crippen LogP contribution in [0.1, 0.15) is 51.9 Å². The molecule has 4 heteroatoms. The van der Waals surface area contributed by atoms with Crippen molar-refractivity contribution >= 4 is 9.84 Å². The summed E-state index contributed by atoms with van der Waals surface area (Å²) < 4.78 is 23.4. The van der Waals surface area contributed by atoms with Gasteiger partial charge in [-0.15, -0.1) is 0 Å². The van der Waals surface area contributed by atoms with Gasteiger partial charge in [0.2, 0.25) is 0 Å². The summed E-state index contributed by atoms with van der Waals surface area (Å²) in [4.78, 5) is 0. The lowest BCUT2D eigenvalue weighted by Gasteiger charge is -2.31. The molecule has 2 fully saturated rings. The molecule has 0 amide bonds. The molecule has 0 bridgehead atoms. The van der Waals surface area contributed by atoms with Crippen LogP contribution in [0.25, 0.3) is 0 Å². The number of rotatable bonds is 3. The van der Waals surface area contributed by atoms with Gasteiger partial charge in [-0.05, 0) is 44.4 Å². The zero-order valence-corrected chi connectivity index (χ0v) is 11.8. The van der Waals surface area contributed by atoms with E-state index in [1.807, 2.05) is 0 Å². The first-order valence-corrected chi connectivity index (χ1v) is 8.87. The molecule has 0 heterocycles. The summed E-state index contributed by atoms with van der Waals surface area (Å²) in [6, 6.07) is 0.766. The van der Waals surface area contributed by atoms with E-state index < -0.39 is 9.84 Å². The van der Waals surface area contributed by atoms with Crippen LogP contribution in [0.5, 0.6) is 0 Å². The molecule has 0 spiro atoms. The quantitative estimate of drug-likeness (QED) is 0.844. The van der Waals surface area contributed by atoms with Crippen molar-refractivity contribution in [3.05, 3.63) is 0 Å². The van der Waals surface area contributed by atoms with E-state index in [1.165, 1.54) is 31.9 Å². The maximum absolute atomic E-state index is 11.7. The largest absolute Gasteiger partial charge is 0.310 e. The molecule has 0 aromatic carbocycles. The number of sulfone groups is 1. The SMILES string of the molecule is CC1CCC(NC2CCCC2S(C)(=O)=O)CC1. The van der Waals surface area contributed by atoms with Gasteiger partial charge in [-0.2, -0.15) is 0 Å². The smallest absolute Gasteiger partial charge is 0.151 e. The fraction of sp³-hybridized carbons (Fsp3) is 1.00. The molecular formula is C13H25NO2S. The van der Waals surface area contributed by atoms with Crippen molar-refractivity contribution in [2.45, 2.75) is 69.2 Å². The molecule has 0 aromatic rings. The van der Waals surface area contributed by atoms with Crippen LogP contribution >= 0.6 is 0 Å². The van der Waals surface area contributed by atoms with E-state index in [1.54, 1.807) is 0 Å². The Labute approximate surface area is 105 Å². The van der Waals surface area contributed by atoms with Gasteiger partial charge in [0, 0.05) is 18.3 Å². The van der Waals surface area contributed by atoms with Gasteiger partial charge in [-0.25, -0.2) is 8.42 Å². The minimum atomic E-state index is -2.88. The molecule has 0 aliphatic heterocycles. The van der Waals surface area contributed by atoms with Gasteiger partial charge in [0.15, 0.2) is 9.84 Å². The second-order valence-corrected chi connectivity index (χ2v) is 8.29. The Bertz CT molecular complexity index is 344. The van der Waals surface area contributed by atoms with Crippen LogP contribution in [0.15, 0.2) is 0 Å². The van der Waals surface area contributed by atoms with Crippen LogP contribution in [0.4, 0.5) is 0 Å². The average molecular weight is 259 g/mol. The highest BCUT2D eigenvalue weighted by atomic mass is 32.2. The molecule has 2 aliphatic rings. The van der Waals surface area contributed by atoms with Crippen LogP contribution in [0, 0.1) is 5.92 Å². The lowest BCUT2D eigenvalue weighted by atomic mass is 9.87. The van der Waals surface area contributed by atoms with Crippen molar-refractivity contribution in [3.63, 3.8) is 0 Å². The first-order chi connectivity index (χ1) is 7.97. The van der Waals surface area contributed by atoms with Gasteiger partial charge in [-0.3, -0.25) is 0 Å². The van der Waals surface area contributed by atoms with Gasteiger partial charge in [0.05, 0.1) is 5.25 Å². The van der Waals surface area contributed by atoms with E-state index in [-0.39, 0.29) is 11.3 Å². The van der Waals surface area contributed by atoms with Crippen LogP contribution in [-0.2, 0) is 9.84 Å². The molecule has 2 rings (SSSR count). The highest BCUT2D eigenvalue weighted by Gasteiger charge is 2.36. The fourth-order valence-electron chi connectivity index (χ4n) is 3.36. The Balaban J connectivity index is 1.90. The van der Waals surface area contributed by atoms with Crippen molar-refractivity contribution < 1.29 is 8.42 Å². The Morgan fingerprint density at radius 3 is 2.24 bits per heavy atom. The lowest BCUT2D eigenvalue weighted by molar-refractivity contribution is 0.287. The van der Waals surface area contributed by atoms with Crippen molar-refractivity contribution in [2.24, 2.45) is 5.92 Å². The Hall–Kier alpha value is -0.0900. The van der Waals surface area contributed by atoms with Gasteiger partial charge < -0.3 is 5.32 Å². The van der Waals surface area contributed by atoms with Gasteiger partial charge >= 0.3 is 0 Å². The van der Waals surface area contributed by atoms with Crippen molar-refractivity contribution in [1.29, 1.82) is 0 Å². The predicted octanol–water partition coefficient (Wildman–Crippen LogP) is 2.12. The van der Waals surface area contributed by atoms with Gasteiger partial charge in [0.25, 0.3) is 0 Å². The summed E-state index contributed by atoms with van der Waals surface area (Å²) in [5, 5.41) is 3.48.